The molecule has 0 N–H and O–H groups in total. The van der Waals surface area contributed by atoms with Crippen LogP contribution < -0.4 is 0 Å². The fourth-order valence-corrected chi connectivity index (χ4v) is 0.834. The predicted molar refractivity (Wildman–Crippen MR) is 89.2 cm³/mol. The predicted octanol–water partition coefficient (Wildman–Crippen LogP) is 7.17. The van der Waals surface area contributed by atoms with Gasteiger partial charge < -0.3 is 0 Å². The van der Waals surface area contributed by atoms with Gasteiger partial charge in [-0.15, -0.1) is 0 Å². The van der Waals surface area contributed by atoms with Crippen LogP contribution in [0.4, 0.5) is 0 Å². The van der Waals surface area contributed by atoms with Crippen molar-refractivity contribution in [3.63, 3.8) is 0 Å². The van der Waals surface area contributed by atoms with Crippen molar-refractivity contribution in [2.45, 2.75) is 87.5 Å². The van der Waals surface area contributed by atoms with Gasteiger partial charge in [-0.2, -0.15) is 0 Å². The molecule has 18 heavy (non-hydrogen) atoms. The molecule has 1 unspecified atom stereocenters. The Labute approximate surface area is 118 Å². The molecule has 0 fully saturated rings. The summed E-state index contributed by atoms with van der Waals surface area (Å²) in [5, 5.41) is 0. The van der Waals surface area contributed by atoms with Crippen LogP contribution in [0.25, 0.3) is 0 Å². The zero-order chi connectivity index (χ0) is 14.8. The van der Waals surface area contributed by atoms with Crippen LogP contribution in [0.15, 0.2) is 23.8 Å². The van der Waals surface area contributed by atoms with Crippen molar-refractivity contribution in [2.24, 2.45) is 5.92 Å². The summed E-state index contributed by atoms with van der Waals surface area (Å²) in [6.45, 7) is 17.1. The fraction of sp³-hybridized carbons (Fsp3) is 0.778. The van der Waals surface area contributed by atoms with Crippen molar-refractivity contribution >= 4 is 0 Å². The minimum atomic E-state index is 0.763. The Bertz CT molecular complexity index is 166. The van der Waals surface area contributed by atoms with E-state index < -0.39 is 0 Å². The van der Waals surface area contributed by atoms with E-state index in [1.165, 1.54) is 37.7 Å². The second kappa shape index (κ2) is 21.7. The van der Waals surface area contributed by atoms with E-state index in [1.807, 2.05) is 13.8 Å². The first-order valence-corrected chi connectivity index (χ1v) is 7.97. The lowest BCUT2D eigenvalue weighted by molar-refractivity contribution is 0.731. The average Bonchev–Trinajstić information content (AvgIpc) is 2.45. The summed E-state index contributed by atoms with van der Waals surface area (Å²) < 4.78 is 0. The van der Waals surface area contributed by atoms with E-state index in [0.29, 0.717) is 0 Å². The van der Waals surface area contributed by atoms with Crippen LogP contribution in [0, 0.1) is 5.92 Å². The van der Waals surface area contributed by atoms with E-state index in [-0.39, 0.29) is 0 Å². The second-order valence-electron chi connectivity index (χ2n) is 4.52. The molecule has 0 saturated heterocycles. The van der Waals surface area contributed by atoms with E-state index in [0.717, 1.165) is 5.92 Å². The first-order valence-electron chi connectivity index (χ1n) is 7.97. The molecule has 0 amide bonds. The molecule has 0 heteroatoms. The summed E-state index contributed by atoms with van der Waals surface area (Å²) in [6, 6.07) is 0. The number of allylic oxidation sites excluding steroid dienone is 4. The molecule has 0 aromatic carbocycles. The SMILES string of the molecule is CC.CC1=CCC(C)C=C1.CCCC.CCCC. The lowest BCUT2D eigenvalue weighted by Gasteiger charge is -2.06. The van der Waals surface area contributed by atoms with Crippen LogP contribution in [0.3, 0.4) is 0 Å². The summed E-state index contributed by atoms with van der Waals surface area (Å²) in [4.78, 5) is 0. The molecule has 0 heterocycles. The van der Waals surface area contributed by atoms with Crippen LogP contribution >= 0.6 is 0 Å². The summed E-state index contributed by atoms with van der Waals surface area (Å²) in [5.74, 6) is 0.763. The third-order valence-corrected chi connectivity index (χ3v) is 2.50. The number of unbranched alkanes of at least 4 members (excludes halogenated alkanes) is 2. The highest BCUT2D eigenvalue weighted by atomic mass is 14.0. The number of hydrogen-bond donors (Lipinski definition) is 0. The Morgan fingerprint density at radius 2 is 1.33 bits per heavy atom. The van der Waals surface area contributed by atoms with Crippen molar-refractivity contribution < 1.29 is 0 Å². The van der Waals surface area contributed by atoms with E-state index in [2.05, 4.69) is 59.8 Å². The zero-order valence-corrected chi connectivity index (χ0v) is 14.3. The molecular weight excluding hydrogens is 216 g/mol. The van der Waals surface area contributed by atoms with Crippen molar-refractivity contribution in [3.8, 4) is 0 Å². The second-order valence-corrected chi connectivity index (χ2v) is 4.52. The summed E-state index contributed by atoms with van der Waals surface area (Å²) in [7, 11) is 0. The van der Waals surface area contributed by atoms with E-state index in [4.69, 9.17) is 0 Å². The van der Waals surface area contributed by atoms with Crippen molar-refractivity contribution in [1.29, 1.82) is 0 Å². The Morgan fingerprint density at radius 3 is 1.50 bits per heavy atom. The van der Waals surface area contributed by atoms with Crippen molar-refractivity contribution in [2.75, 3.05) is 0 Å². The maximum atomic E-state index is 2.28. The first-order chi connectivity index (χ1) is 8.62. The van der Waals surface area contributed by atoms with Gasteiger partial charge in [-0.25, -0.2) is 0 Å². The number of rotatable bonds is 2. The minimum Gasteiger partial charge on any atom is -0.0811 e. The maximum absolute atomic E-state index is 2.28. The normalized spacial score (nSPS) is 16.0. The van der Waals surface area contributed by atoms with Gasteiger partial charge >= 0.3 is 0 Å². The van der Waals surface area contributed by atoms with E-state index in [1.54, 1.807) is 0 Å². The van der Waals surface area contributed by atoms with Gasteiger partial charge in [0, 0.05) is 0 Å². The molecule has 1 aliphatic carbocycles. The van der Waals surface area contributed by atoms with Crippen LogP contribution in [0.1, 0.15) is 87.5 Å². The largest absolute Gasteiger partial charge is 0.0811 e. The van der Waals surface area contributed by atoms with Gasteiger partial charge in [0.15, 0.2) is 0 Å². The molecule has 0 aliphatic heterocycles. The van der Waals surface area contributed by atoms with Crippen molar-refractivity contribution in [1.82, 2.24) is 0 Å². The third-order valence-electron chi connectivity index (χ3n) is 2.50. The van der Waals surface area contributed by atoms with Crippen LogP contribution in [-0.4, -0.2) is 0 Å². The molecular formula is C18H38. The topological polar surface area (TPSA) is 0 Å². The van der Waals surface area contributed by atoms with Gasteiger partial charge in [0.25, 0.3) is 0 Å². The summed E-state index contributed by atoms with van der Waals surface area (Å²) >= 11 is 0. The Hall–Kier alpha value is -0.520. The van der Waals surface area contributed by atoms with E-state index >= 15 is 0 Å². The lowest BCUT2D eigenvalue weighted by atomic mass is 10.00. The summed E-state index contributed by atoms with van der Waals surface area (Å²) in [6.07, 6.45) is 13.2. The molecule has 0 aromatic rings. The average molecular weight is 255 g/mol. The standard InChI is InChI=1S/C8H12.2C4H10.C2H6/c1-7-3-5-8(2)6-4-7;2*1-3-4-2;1-2/h3-5,8H,6H2,1-2H3;2*3-4H2,1-2H3;1-2H3. The quantitative estimate of drug-likeness (QED) is 0.490. The van der Waals surface area contributed by atoms with Crippen LogP contribution in [-0.2, 0) is 0 Å². The van der Waals surface area contributed by atoms with Gasteiger partial charge in [0.05, 0.1) is 0 Å². The van der Waals surface area contributed by atoms with Gasteiger partial charge in [-0.05, 0) is 19.3 Å². The Morgan fingerprint density at radius 1 is 0.944 bits per heavy atom. The highest BCUT2D eigenvalue weighted by Gasteiger charge is 1.97. The van der Waals surface area contributed by atoms with Crippen molar-refractivity contribution in [3.05, 3.63) is 23.8 Å². The first kappa shape index (κ1) is 22.6. The monoisotopic (exact) mass is 254 g/mol. The molecule has 0 aromatic heterocycles. The summed E-state index contributed by atoms with van der Waals surface area (Å²) in [5.41, 5.74) is 1.41. The molecule has 0 spiro atoms. The van der Waals surface area contributed by atoms with Crippen LogP contribution in [0.5, 0.6) is 0 Å². The maximum Gasteiger partial charge on any atom is -0.0224 e. The molecule has 1 atom stereocenters. The molecule has 1 rings (SSSR count). The van der Waals surface area contributed by atoms with E-state index in [9.17, 15) is 0 Å². The minimum absolute atomic E-state index is 0.763. The highest BCUT2D eigenvalue weighted by Crippen LogP contribution is 2.13. The fourth-order valence-electron chi connectivity index (χ4n) is 0.834. The third kappa shape index (κ3) is 24.6. The van der Waals surface area contributed by atoms with Gasteiger partial charge in [0.1, 0.15) is 0 Å². The molecule has 0 saturated carbocycles. The van der Waals surface area contributed by atoms with Gasteiger partial charge in [0.2, 0.25) is 0 Å². The molecule has 110 valence electrons. The smallest absolute Gasteiger partial charge is 0.0224 e. The Balaban J connectivity index is -0.000000194. The molecule has 1 aliphatic rings. The Kier molecular flexibility index (Phi) is 27.3. The molecule has 0 bridgehead atoms. The molecule has 0 nitrogen and oxygen atoms in total. The molecule has 0 radical (unpaired) electrons. The van der Waals surface area contributed by atoms with Gasteiger partial charge in [-0.3, -0.25) is 0 Å². The lowest BCUT2D eigenvalue weighted by Crippen LogP contribution is -1.91. The van der Waals surface area contributed by atoms with Gasteiger partial charge in [-0.1, -0.05) is 98.0 Å². The van der Waals surface area contributed by atoms with Crippen LogP contribution in [0.2, 0.25) is 0 Å². The zero-order valence-electron chi connectivity index (χ0n) is 14.3. The highest BCUT2D eigenvalue weighted by molar-refractivity contribution is 5.20. The number of hydrogen-bond acceptors (Lipinski definition) is 0.